The summed E-state index contributed by atoms with van der Waals surface area (Å²) < 4.78 is 0.702. The van der Waals surface area contributed by atoms with Crippen LogP contribution in [-0.2, 0) is 0 Å². The maximum Gasteiger partial charge on any atom is 0.165 e. The fourth-order valence-corrected chi connectivity index (χ4v) is 2.21. The molecule has 0 aliphatic rings. The van der Waals surface area contributed by atoms with E-state index in [0.29, 0.717) is 31.7 Å². The van der Waals surface area contributed by atoms with Crippen LogP contribution in [0.1, 0.15) is 5.69 Å². The Morgan fingerprint density at radius 3 is 2.63 bits per heavy atom. The molecule has 0 amide bonds. The SMILES string of the molecule is N#Cc1nc(Nc2ccc(Br)c(Cl)c2Cl)ccc1N. The number of rotatable bonds is 2. The van der Waals surface area contributed by atoms with Crippen LogP contribution in [0, 0.1) is 11.3 Å². The zero-order chi connectivity index (χ0) is 14.0. The van der Waals surface area contributed by atoms with E-state index in [0.717, 1.165) is 0 Å². The van der Waals surface area contributed by atoms with Crippen molar-refractivity contribution in [1.29, 1.82) is 5.26 Å². The predicted molar refractivity (Wildman–Crippen MR) is 80.8 cm³/mol. The summed E-state index contributed by atoms with van der Waals surface area (Å²) in [5.74, 6) is 0.464. The van der Waals surface area contributed by atoms with Crippen molar-refractivity contribution < 1.29 is 0 Å². The largest absolute Gasteiger partial charge is 0.396 e. The van der Waals surface area contributed by atoms with Gasteiger partial charge < -0.3 is 11.1 Å². The number of benzene rings is 1. The summed E-state index contributed by atoms with van der Waals surface area (Å²) in [6.45, 7) is 0. The van der Waals surface area contributed by atoms with E-state index in [2.05, 4.69) is 26.2 Å². The van der Waals surface area contributed by atoms with Gasteiger partial charge in [-0.15, -0.1) is 0 Å². The van der Waals surface area contributed by atoms with Gasteiger partial charge in [0.2, 0.25) is 0 Å². The van der Waals surface area contributed by atoms with E-state index in [1.54, 1.807) is 24.3 Å². The highest BCUT2D eigenvalue weighted by Crippen LogP contribution is 2.36. The van der Waals surface area contributed by atoms with Gasteiger partial charge in [-0.2, -0.15) is 5.26 Å². The van der Waals surface area contributed by atoms with Crippen LogP contribution in [0.3, 0.4) is 0 Å². The minimum atomic E-state index is 0.157. The average molecular weight is 358 g/mol. The Morgan fingerprint density at radius 1 is 1.21 bits per heavy atom. The maximum atomic E-state index is 8.87. The highest BCUT2D eigenvalue weighted by Gasteiger charge is 2.10. The first-order chi connectivity index (χ1) is 9.02. The summed E-state index contributed by atoms with van der Waals surface area (Å²) in [6, 6.07) is 8.68. The highest BCUT2D eigenvalue weighted by atomic mass is 79.9. The Bertz CT molecular complexity index is 682. The lowest BCUT2D eigenvalue weighted by Crippen LogP contribution is -1.99. The number of nitrogens with two attached hydrogens (primary N) is 1. The standard InChI is InChI=1S/C12H7BrCl2N4/c13-6-1-3-8(12(15)11(6)14)18-10-4-2-7(17)9(5-16)19-10/h1-4H,17H2,(H,18,19). The lowest BCUT2D eigenvalue weighted by atomic mass is 10.3. The first kappa shape index (κ1) is 13.9. The van der Waals surface area contributed by atoms with Crippen LogP contribution < -0.4 is 11.1 Å². The number of hydrogen-bond donors (Lipinski definition) is 2. The molecule has 3 N–H and O–H groups in total. The zero-order valence-electron chi connectivity index (χ0n) is 9.42. The minimum absolute atomic E-state index is 0.157. The Labute approximate surface area is 128 Å². The molecule has 0 bridgehead atoms. The molecular formula is C12H7BrCl2N4. The Hall–Kier alpha value is -1.48. The van der Waals surface area contributed by atoms with E-state index in [1.165, 1.54) is 0 Å². The van der Waals surface area contributed by atoms with Crippen molar-refractivity contribution in [2.45, 2.75) is 0 Å². The first-order valence-corrected chi connectivity index (χ1v) is 6.65. The van der Waals surface area contributed by atoms with Gasteiger partial charge >= 0.3 is 0 Å². The summed E-state index contributed by atoms with van der Waals surface area (Å²) in [7, 11) is 0. The fraction of sp³-hybridized carbons (Fsp3) is 0. The van der Waals surface area contributed by atoms with Crippen molar-refractivity contribution >= 4 is 56.3 Å². The summed E-state index contributed by atoms with van der Waals surface area (Å²) in [6.07, 6.45) is 0. The second kappa shape index (κ2) is 5.66. The van der Waals surface area contributed by atoms with Crippen molar-refractivity contribution in [1.82, 2.24) is 4.98 Å². The number of pyridine rings is 1. The van der Waals surface area contributed by atoms with Gasteiger partial charge in [0, 0.05) is 4.47 Å². The molecule has 0 radical (unpaired) electrons. The van der Waals surface area contributed by atoms with E-state index in [1.807, 2.05) is 6.07 Å². The molecule has 0 saturated heterocycles. The number of hydrogen-bond acceptors (Lipinski definition) is 4. The molecule has 0 atom stereocenters. The molecule has 0 fully saturated rings. The lowest BCUT2D eigenvalue weighted by Gasteiger charge is -2.10. The van der Waals surface area contributed by atoms with E-state index < -0.39 is 0 Å². The topological polar surface area (TPSA) is 74.7 Å². The number of nitrogens with zero attached hydrogens (tertiary/aromatic N) is 2. The molecule has 1 aromatic carbocycles. The lowest BCUT2D eigenvalue weighted by molar-refractivity contribution is 1.26. The normalized spacial score (nSPS) is 10.0. The van der Waals surface area contributed by atoms with Gasteiger partial charge in [0.25, 0.3) is 0 Å². The molecular weight excluding hydrogens is 351 g/mol. The van der Waals surface area contributed by atoms with Crippen LogP contribution in [0.5, 0.6) is 0 Å². The Morgan fingerprint density at radius 2 is 1.95 bits per heavy atom. The molecule has 0 aliphatic heterocycles. The summed E-state index contributed by atoms with van der Waals surface area (Å²) in [4.78, 5) is 4.07. The fourth-order valence-electron chi connectivity index (χ4n) is 1.39. The minimum Gasteiger partial charge on any atom is -0.396 e. The van der Waals surface area contributed by atoms with Crippen LogP contribution in [-0.4, -0.2) is 4.98 Å². The van der Waals surface area contributed by atoms with Crippen LogP contribution >= 0.6 is 39.1 Å². The van der Waals surface area contributed by atoms with E-state index in [-0.39, 0.29) is 5.69 Å². The number of nitrogens with one attached hydrogen (secondary N) is 1. The average Bonchev–Trinajstić information content (AvgIpc) is 2.41. The third-order valence-corrected chi connectivity index (χ3v) is 4.10. The highest BCUT2D eigenvalue weighted by molar-refractivity contribution is 9.10. The Balaban J connectivity index is 2.37. The molecule has 0 spiro atoms. The van der Waals surface area contributed by atoms with Gasteiger partial charge in [0.05, 0.1) is 21.4 Å². The van der Waals surface area contributed by atoms with Gasteiger partial charge in [-0.25, -0.2) is 4.98 Å². The smallest absolute Gasteiger partial charge is 0.165 e. The number of aromatic nitrogens is 1. The summed E-state index contributed by atoms with van der Waals surface area (Å²) >= 11 is 15.4. The molecule has 0 saturated carbocycles. The number of nitriles is 1. The molecule has 0 aliphatic carbocycles. The van der Waals surface area contributed by atoms with Crippen molar-refractivity contribution in [3.8, 4) is 6.07 Å². The molecule has 96 valence electrons. The molecule has 1 heterocycles. The third kappa shape index (κ3) is 2.92. The van der Waals surface area contributed by atoms with Gasteiger partial charge in [-0.1, -0.05) is 23.2 Å². The molecule has 19 heavy (non-hydrogen) atoms. The van der Waals surface area contributed by atoms with E-state index in [4.69, 9.17) is 34.2 Å². The van der Waals surface area contributed by atoms with Crippen molar-refractivity contribution in [3.05, 3.63) is 44.5 Å². The van der Waals surface area contributed by atoms with Gasteiger partial charge in [0.15, 0.2) is 5.69 Å². The van der Waals surface area contributed by atoms with Gasteiger partial charge in [-0.05, 0) is 40.2 Å². The van der Waals surface area contributed by atoms with E-state index >= 15 is 0 Å². The van der Waals surface area contributed by atoms with Gasteiger partial charge in [0.1, 0.15) is 11.9 Å². The Kier molecular flexibility index (Phi) is 4.15. The molecule has 2 aromatic rings. The predicted octanol–water partition coefficient (Wildman–Crippen LogP) is 4.35. The number of halogens is 3. The second-order valence-corrected chi connectivity index (χ2v) is 5.20. The van der Waals surface area contributed by atoms with Crippen LogP contribution in [0.4, 0.5) is 17.2 Å². The van der Waals surface area contributed by atoms with Crippen LogP contribution in [0.2, 0.25) is 10.0 Å². The van der Waals surface area contributed by atoms with Crippen LogP contribution in [0.25, 0.3) is 0 Å². The van der Waals surface area contributed by atoms with Gasteiger partial charge in [-0.3, -0.25) is 0 Å². The maximum absolute atomic E-state index is 8.87. The van der Waals surface area contributed by atoms with Crippen LogP contribution in [0.15, 0.2) is 28.7 Å². The van der Waals surface area contributed by atoms with Crippen molar-refractivity contribution in [3.63, 3.8) is 0 Å². The monoisotopic (exact) mass is 356 g/mol. The molecule has 1 aromatic heterocycles. The molecule has 7 heteroatoms. The summed E-state index contributed by atoms with van der Waals surface area (Å²) in [5.41, 5.74) is 6.68. The first-order valence-electron chi connectivity index (χ1n) is 5.10. The van der Waals surface area contributed by atoms with E-state index in [9.17, 15) is 0 Å². The zero-order valence-corrected chi connectivity index (χ0v) is 12.5. The summed E-state index contributed by atoms with van der Waals surface area (Å²) in [5, 5.41) is 12.6. The third-order valence-electron chi connectivity index (χ3n) is 2.33. The quantitative estimate of drug-likeness (QED) is 0.783. The molecule has 0 unspecified atom stereocenters. The molecule has 2 rings (SSSR count). The van der Waals surface area contributed by atoms with Crippen molar-refractivity contribution in [2.75, 3.05) is 11.1 Å². The second-order valence-electron chi connectivity index (χ2n) is 3.59. The number of anilines is 3. The molecule has 4 nitrogen and oxygen atoms in total. The number of nitrogen functional groups attached to an aromatic ring is 1. The van der Waals surface area contributed by atoms with Crippen molar-refractivity contribution in [2.24, 2.45) is 0 Å².